The lowest BCUT2D eigenvalue weighted by atomic mass is 9.82. The van der Waals surface area contributed by atoms with E-state index in [1.807, 2.05) is 17.9 Å². The molecule has 1 saturated carbocycles. The summed E-state index contributed by atoms with van der Waals surface area (Å²) in [7, 11) is -0.698. The molecule has 1 aromatic carbocycles. The van der Waals surface area contributed by atoms with Crippen molar-refractivity contribution in [3.63, 3.8) is 0 Å². The fraction of sp³-hybridized carbons (Fsp3) is 0.560. The average Bonchev–Trinajstić information content (AvgIpc) is 3.13. The molecule has 0 radical (unpaired) electrons. The van der Waals surface area contributed by atoms with Gasteiger partial charge in [-0.25, -0.2) is 4.39 Å². The second-order valence-electron chi connectivity index (χ2n) is 9.96. The van der Waals surface area contributed by atoms with Crippen molar-refractivity contribution in [3.05, 3.63) is 63.2 Å². The Morgan fingerprint density at radius 2 is 1.94 bits per heavy atom. The zero-order valence-corrected chi connectivity index (χ0v) is 22.4. The summed E-state index contributed by atoms with van der Waals surface area (Å²) in [5, 5.41) is 0.0957. The summed E-state index contributed by atoms with van der Waals surface area (Å²) in [6, 6.07) is 7.45. The molecule has 11 heteroatoms. The first-order chi connectivity index (χ1) is 17.0. The highest BCUT2D eigenvalue weighted by atomic mass is 35.5. The third-order valence-electron chi connectivity index (χ3n) is 7.30. The minimum absolute atomic E-state index is 0.0305. The summed E-state index contributed by atoms with van der Waals surface area (Å²) >= 11 is 5.93. The van der Waals surface area contributed by atoms with Gasteiger partial charge in [0.1, 0.15) is 16.7 Å². The van der Waals surface area contributed by atoms with Crippen LogP contribution in [-0.2, 0) is 14.9 Å². The van der Waals surface area contributed by atoms with Gasteiger partial charge in [0.05, 0.1) is 18.8 Å². The molecule has 3 atom stereocenters. The van der Waals surface area contributed by atoms with Crippen LogP contribution in [0.5, 0.6) is 0 Å². The predicted molar refractivity (Wildman–Crippen MR) is 139 cm³/mol. The topological polar surface area (TPSA) is 94.7 Å². The van der Waals surface area contributed by atoms with Crippen molar-refractivity contribution in [3.8, 4) is 0 Å². The highest BCUT2D eigenvalue weighted by Crippen LogP contribution is 2.35. The summed E-state index contributed by atoms with van der Waals surface area (Å²) in [6.45, 7) is 2.29. The molecule has 198 valence electrons. The molecule has 1 aliphatic carbocycles. The van der Waals surface area contributed by atoms with Gasteiger partial charge in [-0.05, 0) is 62.6 Å². The van der Waals surface area contributed by atoms with Crippen LogP contribution in [0.1, 0.15) is 50.5 Å². The molecule has 36 heavy (non-hydrogen) atoms. The molecular formula is C25H34ClFN4O4S. The monoisotopic (exact) mass is 540 g/mol. The molecule has 2 fully saturated rings. The Labute approximate surface area is 217 Å². The number of halogens is 2. The highest BCUT2D eigenvalue weighted by Gasteiger charge is 2.42. The van der Waals surface area contributed by atoms with Crippen molar-refractivity contribution < 1.29 is 17.5 Å². The van der Waals surface area contributed by atoms with Crippen molar-refractivity contribution in [1.82, 2.24) is 14.0 Å². The summed E-state index contributed by atoms with van der Waals surface area (Å²) < 4.78 is 49.2. The van der Waals surface area contributed by atoms with Gasteiger partial charge in [-0.3, -0.25) is 4.79 Å². The summed E-state index contributed by atoms with van der Waals surface area (Å²) in [5.74, 6) is 0.669. The molecule has 0 spiro atoms. The number of aromatic nitrogens is 1. The molecule has 0 unspecified atom stereocenters. The number of ether oxygens (including phenoxy) is 1. The Kier molecular flexibility index (Phi) is 8.41. The lowest BCUT2D eigenvalue weighted by Gasteiger charge is -2.35. The number of rotatable bonds is 8. The third kappa shape index (κ3) is 6.11. The van der Waals surface area contributed by atoms with Gasteiger partial charge in [0.15, 0.2) is 0 Å². The number of hydrogen-bond donors (Lipinski definition) is 2. The van der Waals surface area contributed by atoms with Crippen molar-refractivity contribution in [1.29, 1.82) is 0 Å². The first-order valence-corrected chi connectivity index (χ1v) is 14.1. The molecule has 8 nitrogen and oxygen atoms in total. The number of hydrogen-bond acceptors (Lipinski definition) is 5. The van der Waals surface area contributed by atoms with E-state index < -0.39 is 16.3 Å². The highest BCUT2D eigenvalue weighted by molar-refractivity contribution is 7.87. The summed E-state index contributed by atoms with van der Waals surface area (Å²) in [4.78, 5) is 17.3. The number of aromatic amines is 1. The Bertz CT molecular complexity index is 1220. The van der Waals surface area contributed by atoms with Crippen LogP contribution in [0.15, 0.2) is 41.3 Å². The van der Waals surface area contributed by atoms with E-state index in [1.165, 1.54) is 32.4 Å². The minimum Gasteiger partial charge on any atom is -0.376 e. The van der Waals surface area contributed by atoms with Gasteiger partial charge in [-0.15, -0.1) is 0 Å². The normalized spacial score (nSPS) is 27.1. The average molecular weight is 541 g/mol. The molecule has 1 saturated heterocycles. The van der Waals surface area contributed by atoms with E-state index >= 15 is 0 Å². The molecule has 4 rings (SSSR count). The molecule has 2 aliphatic rings. The largest absolute Gasteiger partial charge is 0.376 e. The molecule has 0 amide bonds. The quantitative estimate of drug-likeness (QED) is 0.533. The van der Waals surface area contributed by atoms with Gasteiger partial charge < -0.3 is 14.6 Å². The second-order valence-corrected chi connectivity index (χ2v) is 12.3. The fourth-order valence-corrected chi connectivity index (χ4v) is 6.30. The molecule has 2 heterocycles. The standard InChI is InChI=1S/C25H34ClFN4O4S/c1-16-11-22(29-36(33,34)30(2)3)23(31(16)25-13-24(32)21(26)14-28-25)15-35-20-9-7-17(8-10-20)18-5-4-6-19(27)12-18/h4-6,12-14,16-17,20,22-23,29H,7-11,15H2,1-3H3,(H,28,32)/t16-,17?,20?,22+,23+/m1/s1. The molecular weight excluding hydrogens is 507 g/mol. The Morgan fingerprint density at radius 1 is 1.22 bits per heavy atom. The smallest absolute Gasteiger partial charge is 0.279 e. The summed E-state index contributed by atoms with van der Waals surface area (Å²) in [6.07, 6.45) is 5.53. The van der Waals surface area contributed by atoms with Crippen LogP contribution in [0.25, 0.3) is 0 Å². The first-order valence-electron chi connectivity index (χ1n) is 12.3. The van der Waals surface area contributed by atoms with Crippen LogP contribution in [0.2, 0.25) is 5.02 Å². The van der Waals surface area contributed by atoms with Crippen LogP contribution in [-0.4, -0.2) is 62.6 Å². The fourth-order valence-electron chi connectivity index (χ4n) is 5.35. The maximum atomic E-state index is 13.6. The molecule has 0 bridgehead atoms. The lowest BCUT2D eigenvalue weighted by Crippen LogP contribution is -2.51. The molecule has 1 aliphatic heterocycles. The van der Waals surface area contributed by atoms with Crippen LogP contribution >= 0.6 is 11.6 Å². The number of nitrogens with zero attached hydrogens (tertiary/aromatic N) is 2. The van der Waals surface area contributed by atoms with Gasteiger partial charge in [0, 0.05) is 38.4 Å². The van der Waals surface area contributed by atoms with Crippen molar-refractivity contribution in [2.45, 2.75) is 69.2 Å². The van der Waals surface area contributed by atoms with E-state index in [2.05, 4.69) is 9.71 Å². The SMILES string of the molecule is C[C@@H]1C[C@H](NS(=O)(=O)N(C)C)[C@H](COC2CCC(c3cccc(F)c3)CC2)N1c1cc(=O)c(Cl)c[nH]1. The van der Waals surface area contributed by atoms with Crippen molar-refractivity contribution in [2.24, 2.45) is 0 Å². The lowest BCUT2D eigenvalue weighted by molar-refractivity contribution is 0.0154. The van der Waals surface area contributed by atoms with Crippen LogP contribution in [0, 0.1) is 5.82 Å². The van der Waals surface area contributed by atoms with E-state index in [9.17, 15) is 17.6 Å². The maximum Gasteiger partial charge on any atom is 0.279 e. The number of anilines is 1. The zero-order chi connectivity index (χ0) is 26.0. The zero-order valence-electron chi connectivity index (χ0n) is 20.8. The predicted octanol–water partition coefficient (Wildman–Crippen LogP) is 3.64. The van der Waals surface area contributed by atoms with Gasteiger partial charge in [0.2, 0.25) is 5.43 Å². The van der Waals surface area contributed by atoms with Crippen LogP contribution in [0.4, 0.5) is 10.2 Å². The van der Waals surface area contributed by atoms with Gasteiger partial charge in [0.25, 0.3) is 10.2 Å². The Morgan fingerprint density at radius 3 is 2.58 bits per heavy atom. The van der Waals surface area contributed by atoms with Gasteiger partial charge in [-0.2, -0.15) is 17.4 Å². The number of benzene rings is 1. The van der Waals surface area contributed by atoms with E-state index in [4.69, 9.17) is 16.3 Å². The summed E-state index contributed by atoms with van der Waals surface area (Å²) in [5.41, 5.74) is 0.722. The molecule has 2 N–H and O–H groups in total. The van der Waals surface area contributed by atoms with E-state index in [-0.39, 0.29) is 34.5 Å². The van der Waals surface area contributed by atoms with E-state index in [0.717, 1.165) is 35.6 Å². The Balaban J connectivity index is 1.47. The van der Waals surface area contributed by atoms with Crippen LogP contribution < -0.4 is 15.1 Å². The Hall–Kier alpha value is -1.98. The van der Waals surface area contributed by atoms with Crippen molar-refractivity contribution in [2.75, 3.05) is 25.6 Å². The van der Waals surface area contributed by atoms with Crippen LogP contribution in [0.3, 0.4) is 0 Å². The number of pyridine rings is 1. The van der Waals surface area contributed by atoms with E-state index in [0.29, 0.717) is 24.8 Å². The minimum atomic E-state index is -3.67. The second kappa shape index (κ2) is 11.2. The van der Waals surface area contributed by atoms with Crippen molar-refractivity contribution >= 4 is 27.6 Å². The third-order valence-corrected chi connectivity index (χ3v) is 9.16. The van der Waals surface area contributed by atoms with Gasteiger partial charge >= 0.3 is 0 Å². The first kappa shape index (κ1) is 27.1. The number of H-pyrrole nitrogens is 1. The van der Waals surface area contributed by atoms with Gasteiger partial charge in [-0.1, -0.05) is 23.7 Å². The number of nitrogens with one attached hydrogen (secondary N) is 2. The molecule has 1 aromatic heterocycles. The molecule has 2 aromatic rings. The maximum absolute atomic E-state index is 13.6. The van der Waals surface area contributed by atoms with E-state index in [1.54, 1.807) is 12.1 Å².